The van der Waals surface area contributed by atoms with Crippen LogP contribution in [0.5, 0.6) is 0 Å². The van der Waals surface area contributed by atoms with Gasteiger partial charge in [0.15, 0.2) is 5.76 Å². The van der Waals surface area contributed by atoms with Gasteiger partial charge in [0.05, 0.1) is 0 Å². The third-order valence-electron chi connectivity index (χ3n) is 3.09. The first-order chi connectivity index (χ1) is 10.6. The number of furan rings is 1. The smallest absolute Gasteiger partial charge is 0.292 e. The fraction of sp³-hybridized carbons (Fsp3) is 0.0588. The van der Waals surface area contributed by atoms with Gasteiger partial charge in [-0.3, -0.25) is 4.79 Å². The molecule has 0 aliphatic rings. The Labute approximate surface area is 126 Å². The van der Waals surface area contributed by atoms with Crippen LogP contribution in [0.15, 0.2) is 59.0 Å². The highest BCUT2D eigenvalue weighted by Gasteiger charge is 2.13. The lowest BCUT2D eigenvalue weighted by molar-refractivity contribution is 0.0997. The number of carbonyl (C=O) groups excluding carboxylic acids is 1. The van der Waals surface area contributed by atoms with E-state index in [4.69, 9.17) is 4.42 Å². The van der Waals surface area contributed by atoms with E-state index in [2.05, 4.69) is 10.3 Å². The maximum Gasteiger partial charge on any atom is 0.292 e. The van der Waals surface area contributed by atoms with Gasteiger partial charge in [-0.15, -0.1) is 0 Å². The van der Waals surface area contributed by atoms with E-state index in [1.807, 2.05) is 19.1 Å². The van der Waals surface area contributed by atoms with E-state index >= 15 is 0 Å². The van der Waals surface area contributed by atoms with Crippen molar-refractivity contribution in [1.82, 2.24) is 4.98 Å². The summed E-state index contributed by atoms with van der Waals surface area (Å²) in [5.41, 5.74) is 1.51. The molecule has 2 aromatic heterocycles. The second kappa shape index (κ2) is 5.81. The number of amides is 1. The molecule has 0 saturated heterocycles. The van der Waals surface area contributed by atoms with Crippen LogP contribution in [0.2, 0.25) is 0 Å². The molecule has 22 heavy (non-hydrogen) atoms. The molecule has 1 aromatic carbocycles. The summed E-state index contributed by atoms with van der Waals surface area (Å²) in [7, 11) is 0. The van der Waals surface area contributed by atoms with Crippen molar-refractivity contribution in [3.63, 3.8) is 0 Å². The van der Waals surface area contributed by atoms with E-state index in [-0.39, 0.29) is 17.5 Å². The SMILES string of the molecule is Cc1cccc(NC(=O)c2ccc(-c3ccc(F)cc3)o2)n1. The number of hydrogen-bond donors (Lipinski definition) is 1. The minimum atomic E-state index is -0.383. The summed E-state index contributed by atoms with van der Waals surface area (Å²) >= 11 is 0. The van der Waals surface area contributed by atoms with Crippen molar-refractivity contribution >= 4 is 11.7 Å². The Morgan fingerprint density at radius 1 is 1.09 bits per heavy atom. The number of aryl methyl sites for hydroxylation is 1. The Hall–Kier alpha value is -2.95. The van der Waals surface area contributed by atoms with Gasteiger partial charge >= 0.3 is 0 Å². The van der Waals surface area contributed by atoms with Crippen LogP contribution in [-0.4, -0.2) is 10.9 Å². The predicted molar refractivity (Wildman–Crippen MR) is 81.0 cm³/mol. The number of nitrogens with one attached hydrogen (secondary N) is 1. The highest BCUT2D eigenvalue weighted by atomic mass is 19.1. The number of pyridine rings is 1. The first-order valence-electron chi connectivity index (χ1n) is 6.72. The third kappa shape index (κ3) is 3.03. The lowest BCUT2D eigenvalue weighted by atomic mass is 10.2. The summed E-state index contributed by atoms with van der Waals surface area (Å²) in [6.07, 6.45) is 0. The second-order valence-corrected chi connectivity index (χ2v) is 4.79. The van der Waals surface area contributed by atoms with Gasteiger partial charge in [-0.2, -0.15) is 0 Å². The zero-order chi connectivity index (χ0) is 15.5. The Balaban J connectivity index is 1.78. The molecule has 0 atom stereocenters. The highest BCUT2D eigenvalue weighted by Crippen LogP contribution is 2.22. The van der Waals surface area contributed by atoms with Crippen molar-refractivity contribution in [3.8, 4) is 11.3 Å². The molecule has 0 aliphatic heterocycles. The topological polar surface area (TPSA) is 55.1 Å². The lowest BCUT2D eigenvalue weighted by Crippen LogP contribution is -2.12. The molecule has 0 bridgehead atoms. The summed E-state index contributed by atoms with van der Waals surface area (Å²) in [6, 6.07) is 14.5. The zero-order valence-corrected chi connectivity index (χ0v) is 11.8. The fourth-order valence-electron chi connectivity index (χ4n) is 2.02. The molecule has 0 radical (unpaired) electrons. The average molecular weight is 296 g/mol. The molecular weight excluding hydrogens is 283 g/mol. The summed E-state index contributed by atoms with van der Waals surface area (Å²) in [6.45, 7) is 1.84. The van der Waals surface area contributed by atoms with Crippen LogP contribution in [0, 0.1) is 12.7 Å². The first-order valence-corrected chi connectivity index (χ1v) is 6.72. The second-order valence-electron chi connectivity index (χ2n) is 4.79. The molecule has 3 aromatic rings. The minimum absolute atomic E-state index is 0.169. The van der Waals surface area contributed by atoms with E-state index < -0.39 is 0 Å². The number of benzene rings is 1. The molecule has 1 amide bonds. The molecule has 5 heteroatoms. The van der Waals surface area contributed by atoms with Crippen molar-refractivity contribution in [2.75, 3.05) is 5.32 Å². The third-order valence-corrected chi connectivity index (χ3v) is 3.09. The molecule has 2 heterocycles. The first kappa shape index (κ1) is 14.0. The quantitative estimate of drug-likeness (QED) is 0.793. The van der Waals surface area contributed by atoms with Gasteiger partial charge in [-0.25, -0.2) is 9.37 Å². The van der Waals surface area contributed by atoms with Crippen LogP contribution in [0.4, 0.5) is 10.2 Å². The molecule has 4 nitrogen and oxygen atoms in total. The van der Waals surface area contributed by atoms with Gasteiger partial charge < -0.3 is 9.73 Å². The maximum absolute atomic E-state index is 12.9. The molecule has 0 unspecified atom stereocenters. The largest absolute Gasteiger partial charge is 0.451 e. The number of hydrogen-bond acceptors (Lipinski definition) is 3. The molecule has 0 saturated carbocycles. The Morgan fingerprint density at radius 2 is 1.86 bits per heavy atom. The van der Waals surface area contributed by atoms with Gasteiger partial charge in [0.2, 0.25) is 0 Å². The fourth-order valence-corrected chi connectivity index (χ4v) is 2.02. The van der Waals surface area contributed by atoms with E-state index in [9.17, 15) is 9.18 Å². The number of carbonyl (C=O) groups is 1. The number of nitrogens with zero attached hydrogens (tertiary/aromatic N) is 1. The molecule has 0 fully saturated rings. The monoisotopic (exact) mass is 296 g/mol. The van der Waals surface area contributed by atoms with Crippen LogP contribution < -0.4 is 5.32 Å². The van der Waals surface area contributed by atoms with Crippen LogP contribution >= 0.6 is 0 Å². The molecule has 0 aliphatic carbocycles. The van der Waals surface area contributed by atoms with Gasteiger partial charge in [-0.1, -0.05) is 6.07 Å². The van der Waals surface area contributed by atoms with Crippen molar-refractivity contribution < 1.29 is 13.6 Å². The van der Waals surface area contributed by atoms with Crippen molar-refractivity contribution in [2.24, 2.45) is 0 Å². The Morgan fingerprint density at radius 3 is 2.59 bits per heavy atom. The van der Waals surface area contributed by atoms with E-state index in [1.54, 1.807) is 30.3 Å². The highest BCUT2D eigenvalue weighted by molar-refractivity contribution is 6.02. The van der Waals surface area contributed by atoms with Crippen molar-refractivity contribution in [2.45, 2.75) is 6.92 Å². The van der Waals surface area contributed by atoms with E-state index in [0.717, 1.165) is 5.69 Å². The summed E-state index contributed by atoms with van der Waals surface area (Å²) in [5, 5.41) is 2.67. The van der Waals surface area contributed by atoms with Gasteiger partial charge in [0.1, 0.15) is 17.4 Å². The lowest BCUT2D eigenvalue weighted by Gasteiger charge is -2.03. The molecule has 1 N–H and O–H groups in total. The number of aromatic nitrogens is 1. The van der Waals surface area contributed by atoms with Gasteiger partial charge in [0, 0.05) is 11.3 Å². The number of anilines is 1. The predicted octanol–water partition coefficient (Wildman–Crippen LogP) is 4.04. The number of rotatable bonds is 3. The van der Waals surface area contributed by atoms with Crippen LogP contribution in [0.1, 0.15) is 16.2 Å². The Kier molecular flexibility index (Phi) is 3.70. The van der Waals surface area contributed by atoms with Crippen molar-refractivity contribution in [3.05, 3.63) is 71.9 Å². The van der Waals surface area contributed by atoms with Gasteiger partial charge in [0.25, 0.3) is 5.91 Å². The maximum atomic E-state index is 12.9. The average Bonchev–Trinajstić information content (AvgIpc) is 2.98. The van der Waals surface area contributed by atoms with Crippen molar-refractivity contribution in [1.29, 1.82) is 0 Å². The zero-order valence-electron chi connectivity index (χ0n) is 11.8. The molecule has 0 spiro atoms. The summed E-state index contributed by atoms with van der Waals surface area (Å²) < 4.78 is 18.4. The normalized spacial score (nSPS) is 10.5. The molecular formula is C17H13FN2O2. The summed E-state index contributed by atoms with van der Waals surface area (Å²) in [4.78, 5) is 16.3. The minimum Gasteiger partial charge on any atom is -0.451 e. The summed E-state index contributed by atoms with van der Waals surface area (Å²) in [5.74, 6) is 0.431. The van der Waals surface area contributed by atoms with Crippen LogP contribution in [-0.2, 0) is 0 Å². The van der Waals surface area contributed by atoms with Gasteiger partial charge in [-0.05, 0) is 55.5 Å². The molecule has 3 rings (SSSR count). The van der Waals surface area contributed by atoms with Crippen LogP contribution in [0.3, 0.4) is 0 Å². The van der Waals surface area contributed by atoms with E-state index in [0.29, 0.717) is 17.1 Å². The van der Waals surface area contributed by atoms with E-state index in [1.165, 1.54) is 12.1 Å². The number of halogens is 1. The standard InChI is InChI=1S/C17H13FN2O2/c1-11-3-2-4-16(19-11)20-17(21)15-10-9-14(22-15)12-5-7-13(18)8-6-12/h2-10H,1H3,(H,19,20,21). The van der Waals surface area contributed by atoms with Crippen LogP contribution in [0.25, 0.3) is 11.3 Å². The Bertz CT molecular complexity index is 810. The molecule has 110 valence electrons.